The Morgan fingerprint density at radius 3 is 2.71 bits per heavy atom. The molecule has 3 nitrogen and oxygen atoms in total. The second-order valence-electron chi connectivity index (χ2n) is 4.60. The van der Waals surface area contributed by atoms with Crippen LogP contribution in [-0.2, 0) is 0 Å². The van der Waals surface area contributed by atoms with Crippen molar-refractivity contribution in [3.63, 3.8) is 0 Å². The second-order valence-corrected chi connectivity index (χ2v) is 5.04. The third kappa shape index (κ3) is 5.91. The third-order valence-corrected chi connectivity index (χ3v) is 2.81. The largest absolute Gasteiger partial charge is 0.492 e. The highest BCUT2D eigenvalue weighted by Crippen LogP contribution is 2.17. The molecule has 96 valence electrons. The predicted octanol–water partition coefficient (Wildman–Crippen LogP) is 2.99. The summed E-state index contributed by atoms with van der Waals surface area (Å²) in [5.41, 5.74) is 2.78. The topological polar surface area (TPSA) is 47.3 Å². The molecule has 0 bridgehead atoms. The Morgan fingerprint density at radius 2 is 2.12 bits per heavy atom. The minimum atomic E-state index is 0.177. The van der Waals surface area contributed by atoms with E-state index in [1.54, 1.807) is 6.07 Å². The molecule has 4 heteroatoms. The van der Waals surface area contributed by atoms with Gasteiger partial charge in [-0.15, -0.1) is 0 Å². The maximum atomic E-state index is 5.88. The van der Waals surface area contributed by atoms with Crippen LogP contribution in [0, 0.1) is 5.92 Å². The zero-order valence-electron chi connectivity index (χ0n) is 10.4. The Morgan fingerprint density at radius 1 is 1.35 bits per heavy atom. The van der Waals surface area contributed by atoms with Crippen molar-refractivity contribution in [1.82, 2.24) is 5.43 Å². The van der Waals surface area contributed by atoms with E-state index in [9.17, 15) is 0 Å². The van der Waals surface area contributed by atoms with E-state index in [1.165, 1.54) is 0 Å². The number of hydrogen-bond donors (Lipinski definition) is 2. The molecular formula is C13H21ClN2O. The molecule has 1 aromatic carbocycles. The first-order valence-corrected chi connectivity index (χ1v) is 6.34. The van der Waals surface area contributed by atoms with Gasteiger partial charge in [-0.2, -0.15) is 0 Å². The van der Waals surface area contributed by atoms with Gasteiger partial charge < -0.3 is 4.74 Å². The monoisotopic (exact) mass is 256 g/mol. The highest BCUT2D eigenvalue weighted by Gasteiger charge is 2.08. The minimum absolute atomic E-state index is 0.177. The van der Waals surface area contributed by atoms with E-state index in [2.05, 4.69) is 19.3 Å². The SMILES string of the molecule is CC(C)CCC(COc1cccc(Cl)c1)NN. The molecule has 1 aromatic rings. The molecule has 0 aliphatic carbocycles. The van der Waals surface area contributed by atoms with Crippen LogP contribution in [0.1, 0.15) is 26.7 Å². The molecule has 0 aliphatic heterocycles. The molecule has 0 aliphatic rings. The summed E-state index contributed by atoms with van der Waals surface area (Å²) < 4.78 is 5.65. The van der Waals surface area contributed by atoms with Gasteiger partial charge in [0.2, 0.25) is 0 Å². The summed E-state index contributed by atoms with van der Waals surface area (Å²) in [6.45, 7) is 4.96. The molecule has 1 rings (SSSR count). The maximum absolute atomic E-state index is 5.88. The van der Waals surface area contributed by atoms with Crippen molar-refractivity contribution in [2.75, 3.05) is 6.61 Å². The van der Waals surface area contributed by atoms with E-state index >= 15 is 0 Å². The number of hydrazine groups is 1. The van der Waals surface area contributed by atoms with Crippen molar-refractivity contribution >= 4 is 11.6 Å². The van der Waals surface area contributed by atoms with Gasteiger partial charge in [0.25, 0.3) is 0 Å². The van der Waals surface area contributed by atoms with E-state index in [1.807, 2.05) is 18.2 Å². The van der Waals surface area contributed by atoms with Crippen molar-refractivity contribution in [1.29, 1.82) is 0 Å². The molecular weight excluding hydrogens is 236 g/mol. The number of benzene rings is 1. The van der Waals surface area contributed by atoms with Crippen LogP contribution >= 0.6 is 11.6 Å². The lowest BCUT2D eigenvalue weighted by Crippen LogP contribution is -2.39. The number of ether oxygens (including phenoxy) is 1. The molecule has 0 heterocycles. The number of rotatable bonds is 7. The van der Waals surface area contributed by atoms with Gasteiger partial charge in [-0.25, -0.2) is 0 Å². The van der Waals surface area contributed by atoms with Crippen molar-refractivity contribution in [3.8, 4) is 5.75 Å². The Hall–Kier alpha value is -0.770. The van der Waals surface area contributed by atoms with Crippen LogP contribution in [-0.4, -0.2) is 12.6 Å². The Bertz CT molecular complexity index is 331. The zero-order valence-corrected chi connectivity index (χ0v) is 11.2. The Kier molecular flexibility index (Phi) is 6.34. The number of hydrogen-bond acceptors (Lipinski definition) is 3. The van der Waals surface area contributed by atoms with E-state index in [-0.39, 0.29) is 6.04 Å². The van der Waals surface area contributed by atoms with E-state index in [4.69, 9.17) is 22.2 Å². The molecule has 3 N–H and O–H groups in total. The highest BCUT2D eigenvalue weighted by atomic mass is 35.5. The van der Waals surface area contributed by atoms with Crippen LogP contribution in [0.2, 0.25) is 5.02 Å². The van der Waals surface area contributed by atoms with E-state index in [0.29, 0.717) is 17.5 Å². The average molecular weight is 257 g/mol. The Balaban J connectivity index is 2.37. The number of halogens is 1. The highest BCUT2D eigenvalue weighted by molar-refractivity contribution is 6.30. The van der Waals surface area contributed by atoms with Crippen LogP contribution in [0.4, 0.5) is 0 Å². The number of nitrogens with two attached hydrogens (primary N) is 1. The lowest BCUT2D eigenvalue weighted by molar-refractivity contribution is 0.251. The lowest BCUT2D eigenvalue weighted by Gasteiger charge is -2.17. The summed E-state index contributed by atoms with van der Waals surface area (Å²) >= 11 is 5.88. The van der Waals surface area contributed by atoms with Gasteiger partial charge >= 0.3 is 0 Å². The molecule has 0 saturated carbocycles. The molecule has 0 fully saturated rings. The summed E-state index contributed by atoms with van der Waals surface area (Å²) in [5, 5.41) is 0.682. The quantitative estimate of drug-likeness (QED) is 0.582. The Labute approximate surface area is 108 Å². The summed E-state index contributed by atoms with van der Waals surface area (Å²) in [6.07, 6.45) is 2.14. The minimum Gasteiger partial charge on any atom is -0.492 e. The van der Waals surface area contributed by atoms with Crippen molar-refractivity contribution in [2.45, 2.75) is 32.7 Å². The maximum Gasteiger partial charge on any atom is 0.120 e. The summed E-state index contributed by atoms with van der Waals surface area (Å²) in [7, 11) is 0. The predicted molar refractivity (Wildman–Crippen MR) is 72.1 cm³/mol. The molecule has 1 atom stereocenters. The van der Waals surface area contributed by atoms with Gasteiger partial charge in [-0.3, -0.25) is 11.3 Å². The van der Waals surface area contributed by atoms with Gasteiger partial charge in [0, 0.05) is 5.02 Å². The molecule has 17 heavy (non-hydrogen) atoms. The van der Waals surface area contributed by atoms with Gasteiger partial charge in [-0.05, 0) is 37.0 Å². The third-order valence-electron chi connectivity index (χ3n) is 2.58. The van der Waals surface area contributed by atoms with Crippen LogP contribution < -0.4 is 16.0 Å². The van der Waals surface area contributed by atoms with E-state index < -0.39 is 0 Å². The number of nitrogens with one attached hydrogen (secondary N) is 1. The molecule has 1 unspecified atom stereocenters. The normalized spacial score (nSPS) is 12.8. The van der Waals surface area contributed by atoms with E-state index in [0.717, 1.165) is 18.6 Å². The fraction of sp³-hybridized carbons (Fsp3) is 0.538. The van der Waals surface area contributed by atoms with Crippen molar-refractivity contribution < 1.29 is 4.74 Å². The van der Waals surface area contributed by atoms with Gasteiger partial charge in [0.05, 0.1) is 6.04 Å². The van der Waals surface area contributed by atoms with Crippen LogP contribution in [0.15, 0.2) is 24.3 Å². The smallest absolute Gasteiger partial charge is 0.120 e. The molecule has 0 spiro atoms. The molecule has 0 aromatic heterocycles. The van der Waals surface area contributed by atoms with Gasteiger partial charge in [0.1, 0.15) is 12.4 Å². The first kappa shape index (κ1) is 14.3. The lowest BCUT2D eigenvalue weighted by atomic mass is 10.0. The van der Waals surface area contributed by atoms with Crippen LogP contribution in [0.5, 0.6) is 5.75 Å². The fourth-order valence-electron chi connectivity index (χ4n) is 1.50. The summed E-state index contributed by atoms with van der Waals surface area (Å²) in [4.78, 5) is 0. The first-order chi connectivity index (χ1) is 8.11. The summed E-state index contributed by atoms with van der Waals surface area (Å²) in [5.74, 6) is 6.95. The molecule has 0 saturated heterocycles. The molecule has 0 amide bonds. The van der Waals surface area contributed by atoms with Gasteiger partial charge in [-0.1, -0.05) is 31.5 Å². The average Bonchev–Trinajstić information content (AvgIpc) is 2.29. The fourth-order valence-corrected chi connectivity index (χ4v) is 1.68. The summed E-state index contributed by atoms with van der Waals surface area (Å²) in [6, 6.07) is 7.57. The van der Waals surface area contributed by atoms with Gasteiger partial charge in [0.15, 0.2) is 0 Å². The van der Waals surface area contributed by atoms with Crippen LogP contribution in [0.3, 0.4) is 0 Å². The second kappa shape index (κ2) is 7.54. The van der Waals surface area contributed by atoms with Crippen LogP contribution in [0.25, 0.3) is 0 Å². The van der Waals surface area contributed by atoms with Crippen molar-refractivity contribution in [3.05, 3.63) is 29.3 Å². The standard InChI is InChI=1S/C13H21ClN2O/c1-10(2)6-7-12(16-15)9-17-13-5-3-4-11(14)8-13/h3-5,8,10,12,16H,6-7,9,15H2,1-2H3. The first-order valence-electron chi connectivity index (χ1n) is 5.96. The zero-order chi connectivity index (χ0) is 12.7. The van der Waals surface area contributed by atoms with Crippen molar-refractivity contribution in [2.24, 2.45) is 11.8 Å². The molecule has 0 radical (unpaired) electrons.